The van der Waals surface area contributed by atoms with Crippen LogP contribution in [0.5, 0.6) is 0 Å². The monoisotopic (exact) mass is 295 g/mol. The molecule has 0 aromatic rings. The van der Waals surface area contributed by atoms with Crippen LogP contribution in [0.4, 0.5) is 4.79 Å². The maximum absolute atomic E-state index is 10.8. The molecule has 0 saturated carbocycles. The summed E-state index contributed by atoms with van der Waals surface area (Å²) in [4.78, 5) is 10.8. The van der Waals surface area contributed by atoms with Gasteiger partial charge in [-0.3, -0.25) is 0 Å². The summed E-state index contributed by atoms with van der Waals surface area (Å²) in [5, 5.41) is 0. The molecule has 0 spiro atoms. The third-order valence-electron chi connectivity index (χ3n) is 1.89. The van der Waals surface area contributed by atoms with Crippen LogP contribution in [-0.4, -0.2) is 16.4 Å². The van der Waals surface area contributed by atoms with E-state index in [1.165, 1.54) is 25.7 Å². The number of rotatable bonds is 7. The van der Waals surface area contributed by atoms with Crippen LogP contribution in [-0.2, 0) is 21.2 Å². The Morgan fingerprint density at radius 3 is 2.20 bits per heavy atom. The van der Waals surface area contributed by atoms with Gasteiger partial charge >= 0.3 is 6.09 Å². The van der Waals surface area contributed by atoms with Gasteiger partial charge in [-0.05, 0) is 32.1 Å². The van der Waals surface area contributed by atoms with Crippen molar-refractivity contribution in [2.75, 3.05) is 6.61 Å². The number of hydrogen-bond donors (Lipinski definition) is 2. The Hall–Kier alpha value is 0.464. The quantitative estimate of drug-likeness (QED) is 0.428. The molecule has 0 aromatic heterocycles. The van der Waals surface area contributed by atoms with Gasteiger partial charge in [-0.2, -0.15) is 3.71 Å². The molecule has 15 heavy (non-hydrogen) atoms. The number of unbranched alkanes of at least 4 members (excludes halogenated alkanes) is 5. The molecule has 0 N–H and O–H groups in total. The van der Waals surface area contributed by atoms with Gasteiger partial charge in [0, 0.05) is 16.5 Å². The summed E-state index contributed by atoms with van der Waals surface area (Å²) in [6.07, 6.45) is 6.57. The van der Waals surface area contributed by atoms with Crippen LogP contribution in [0.25, 0.3) is 0 Å². The molecule has 0 aliphatic heterocycles. The number of carbonyl (C=O) groups is 1. The van der Waals surface area contributed by atoms with Crippen molar-refractivity contribution in [3.63, 3.8) is 0 Å². The van der Waals surface area contributed by atoms with Crippen molar-refractivity contribution in [2.45, 2.75) is 45.4 Å². The van der Waals surface area contributed by atoms with E-state index in [0.717, 1.165) is 16.6 Å². The van der Waals surface area contributed by atoms with E-state index in [0.29, 0.717) is 6.61 Å². The van der Waals surface area contributed by atoms with Crippen LogP contribution in [0.3, 0.4) is 0 Å². The maximum Gasteiger partial charge on any atom is 0.429 e. The average molecular weight is 296 g/mol. The van der Waals surface area contributed by atoms with Gasteiger partial charge < -0.3 is 4.74 Å². The summed E-state index contributed by atoms with van der Waals surface area (Å²) in [5.41, 5.74) is 0. The number of hydrogen-bond acceptors (Lipinski definition) is 4. The average Bonchev–Trinajstić information content (AvgIpc) is 2.16. The third-order valence-corrected chi connectivity index (χ3v) is 2.21. The molecule has 0 rings (SSSR count). The van der Waals surface area contributed by atoms with E-state index in [1.54, 1.807) is 0 Å². The molecule has 0 unspecified atom stereocenters. The van der Waals surface area contributed by atoms with Gasteiger partial charge in [0.1, 0.15) is 0 Å². The summed E-state index contributed by atoms with van der Waals surface area (Å²) in [6, 6.07) is 0. The summed E-state index contributed by atoms with van der Waals surface area (Å²) in [6.45, 7) is 2.65. The zero-order chi connectivity index (χ0) is 10.8. The van der Waals surface area contributed by atoms with Crippen molar-refractivity contribution in [3.05, 3.63) is 0 Å². The minimum absolute atomic E-state index is 0. The van der Waals surface area contributed by atoms with Crippen molar-refractivity contribution >= 4 is 31.7 Å². The van der Waals surface area contributed by atoms with E-state index in [9.17, 15) is 4.79 Å². The summed E-state index contributed by atoms with van der Waals surface area (Å²) in [7, 11) is 0. The van der Waals surface area contributed by atoms with E-state index >= 15 is 0 Å². The van der Waals surface area contributed by atoms with E-state index in [2.05, 4.69) is 32.6 Å². The first kappa shape index (κ1) is 17.8. The molecule has 0 heterocycles. The van der Waals surface area contributed by atoms with Crippen LogP contribution >= 0.6 is 25.6 Å². The van der Waals surface area contributed by atoms with Crippen LogP contribution in [0, 0.1) is 0 Å². The Bertz CT molecular complexity index is 159. The van der Waals surface area contributed by atoms with E-state index in [1.807, 2.05) is 0 Å². The molecule has 0 aliphatic rings. The standard InChI is InChI=1S/C9H19NO2S2.Ni/c1-2-3-4-5-6-7-8-12-9(11)10(13)14;/h13-14H,2-8H2,1H3;. The number of nitrogens with zero attached hydrogens (tertiary/aromatic N) is 1. The molecule has 3 nitrogen and oxygen atoms in total. The number of thiol groups is 2. The molecule has 0 bridgehead atoms. The van der Waals surface area contributed by atoms with Gasteiger partial charge in [-0.1, -0.05) is 39.0 Å². The minimum atomic E-state index is -0.509. The van der Waals surface area contributed by atoms with Crippen molar-refractivity contribution in [1.82, 2.24) is 3.71 Å². The molecule has 0 aliphatic carbocycles. The van der Waals surface area contributed by atoms with Gasteiger partial charge in [0.2, 0.25) is 0 Å². The molecular weight excluding hydrogens is 277 g/mol. The normalized spacial score (nSPS) is 9.27. The Balaban J connectivity index is 0. The first-order valence-corrected chi connectivity index (χ1v) is 5.83. The summed E-state index contributed by atoms with van der Waals surface area (Å²) < 4.78 is 5.69. The predicted octanol–water partition coefficient (Wildman–Crippen LogP) is 3.47. The van der Waals surface area contributed by atoms with Gasteiger partial charge in [0.05, 0.1) is 6.61 Å². The van der Waals surface area contributed by atoms with Gasteiger partial charge in [-0.15, -0.1) is 0 Å². The van der Waals surface area contributed by atoms with E-state index in [4.69, 9.17) is 4.74 Å². The SMILES string of the molecule is CCCCCCCCOC(=O)N(S)S.[Ni]. The second kappa shape index (κ2) is 12.5. The van der Waals surface area contributed by atoms with Crippen LogP contribution in [0.1, 0.15) is 45.4 Å². The number of amides is 1. The molecule has 0 radical (unpaired) electrons. The smallest absolute Gasteiger partial charge is 0.429 e. The first-order valence-electron chi connectivity index (χ1n) is 5.03. The van der Waals surface area contributed by atoms with Gasteiger partial charge in [-0.25, -0.2) is 4.79 Å². The fourth-order valence-corrected chi connectivity index (χ4v) is 1.22. The molecule has 6 heteroatoms. The molecule has 1 amide bonds. The fourth-order valence-electron chi connectivity index (χ4n) is 1.10. The number of ether oxygens (including phenoxy) is 1. The van der Waals surface area contributed by atoms with Crippen molar-refractivity contribution in [2.24, 2.45) is 0 Å². The Labute approximate surface area is 113 Å². The third kappa shape index (κ3) is 12.4. The largest absolute Gasteiger partial charge is 0.448 e. The fraction of sp³-hybridized carbons (Fsp3) is 0.889. The second-order valence-corrected chi connectivity index (χ2v) is 4.29. The molecular formula is C9H19NNiO2S2. The Morgan fingerprint density at radius 1 is 1.13 bits per heavy atom. The van der Waals surface area contributed by atoms with Gasteiger partial charge in [0.25, 0.3) is 0 Å². The van der Waals surface area contributed by atoms with Crippen LogP contribution < -0.4 is 0 Å². The zero-order valence-corrected chi connectivity index (χ0v) is 11.7. The van der Waals surface area contributed by atoms with Crippen LogP contribution in [0.2, 0.25) is 0 Å². The molecule has 0 atom stereocenters. The van der Waals surface area contributed by atoms with Crippen molar-refractivity contribution in [1.29, 1.82) is 0 Å². The molecule has 0 fully saturated rings. The maximum atomic E-state index is 10.8. The van der Waals surface area contributed by atoms with Crippen molar-refractivity contribution in [3.8, 4) is 0 Å². The predicted molar refractivity (Wildman–Crippen MR) is 64.5 cm³/mol. The second-order valence-electron chi connectivity index (χ2n) is 3.17. The van der Waals surface area contributed by atoms with Crippen molar-refractivity contribution < 1.29 is 26.0 Å². The zero-order valence-electron chi connectivity index (χ0n) is 8.92. The minimum Gasteiger partial charge on any atom is -0.448 e. The molecule has 0 saturated heterocycles. The Kier molecular flexibility index (Phi) is 14.9. The number of carbonyl (C=O) groups excluding carboxylic acids is 1. The molecule has 94 valence electrons. The van der Waals surface area contributed by atoms with Gasteiger partial charge in [0.15, 0.2) is 0 Å². The summed E-state index contributed by atoms with van der Waals surface area (Å²) >= 11 is 7.37. The topological polar surface area (TPSA) is 29.5 Å². The van der Waals surface area contributed by atoms with Crippen LogP contribution in [0.15, 0.2) is 0 Å². The first-order chi connectivity index (χ1) is 6.68. The summed E-state index contributed by atoms with van der Waals surface area (Å²) in [5.74, 6) is 0. The van der Waals surface area contributed by atoms with E-state index in [-0.39, 0.29) is 16.5 Å². The molecule has 0 aromatic carbocycles. The van der Waals surface area contributed by atoms with E-state index < -0.39 is 6.09 Å². The Morgan fingerprint density at radius 2 is 1.67 bits per heavy atom.